The minimum absolute atomic E-state index is 0.145. The number of aryl methyl sites for hydroxylation is 1. The Labute approximate surface area is 207 Å². The van der Waals surface area contributed by atoms with Crippen LogP contribution in [0.3, 0.4) is 0 Å². The zero-order valence-electron chi connectivity index (χ0n) is 20.6. The molecule has 5 atom stereocenters. The molecule has 2 aliphatic rings. The number of benzene rings is 2. The van der Waals surface area contributed by atoms with Crippen LogP contribution in [0, 0.1) is 18.8 Å². The molecule has 7 heteroatoms. The van der Waals surface area contributed by atoms with Crippen molar-refractivity contribution in [3.63, 3.8) is 0 Å². The normalized spacial score (nSPS) is 24.2. The van der Waals surface area contributed by atoms with Gasteiger partial charge in [0.25, 0.3) is 11.8 Å². The minimum atomic E-state index is -1.79. The molecule has 2 saturated heterocycles. The van der Waals surface area contributed by atoms with Gasteiger partial charge in [-0.3, -0.25) is 9.59 Å². The van der Waals surface area contributed by atoms with E-state index in [1.807, 2.05) is 36.4 Å². The maximum absolute atomic E-state index is 13.0. The Morgan fingerprint density at radius 2 is 1.71 bits per heavy atom. The molecule has 0 bridgehead atoms. The average Bonchev–Trinajstić information content (AvgIpc) is 3.37. The molecule has 2 amide bonds. The maximum atomic E-state index is 13.0. The molecule has 2 fully saturated rings. The Balaban J connectivity index is 1.29. The summed E-state index contributed by atoms with van der Waals surface area (Å²) in [4.78, 5) is 29.6. The average molecular weight is 480 g/mol. The van der Waals surface area contributed by atoms with Gasteiger partial charge in [-0.25, -0.2) is 0 Å². The summed E-state index contributed by atoms with van der Waals surface area (Å²) in [5.41, 5.74) is 3.49. The molecule has 0 spiro atoms. The zero-order chi connectivity index (χ0) is 24.9. The van der Waals surface area contributed by atoms with E-state index in [0.29, 0.717) is 19.0 Å². The number of likely N-dealkylation sites (tertiary alicyclic amines) is 1. The molecule has 7 nitrogen and oxygen atoms in total. The van der Waals surface area contributed by atoms with Crippen LogP contribution in [0.1, 0.15) is 43.4 Å². The van der Waals surface area contributed by atoms with Gasteiger partial charge in [0.15, 0.2) is 12.2 Å². The molecule has 1 unspecified atom stereocenters. The summed E-state index contributed by atoms with van der Waals surface area (Å²) in [6, 6.07) is 17.9. The molecule has 3 N–H and O–H groups in total. The lowest BCUT2D eigenvalue weighted by Crippen LogP contribution is -2.52. The van der Waals surface area contributed by atoms with E-state index in [1.165, 1.54) is 11.3 Å². The highest BCUT2D eigenvalue weighted by Crippen LogP contribution is 2.32. The van der Waals surface area contributed by atoms with Gasteiger partial charge in [0.1, 0.15) is 0 Å². The monoisotopic (exact) mass is 479 g/mol. The molecule has 0 aliphatic carbocycles. The van der Waals surface area contributed by atoms with Crippen LogP contribution < -0.4 is 10.2 Å². The predicted molar refractivity (Wildman–Crippen MR) is 136 cm³/mol. The lowest BCUT2D eigenvalue weighted by Gasteiger charge is -2.39. The highest BCUT2D eigenvalue weighted by Gasteiger charge is 2.38. The first-order valence-corrected chi connectivity index (χ1v) is 12.7. The number of anilines is 1. The highest BCUT2D eigenvalue weighted by atomic mass is 16.3. The number of para-hydroxylation sites is 1. The van der Waals surface area contributed by atoms with Gasteiger partial charge in [-0.15, -0.1) is 0 Å². The molecule has 188 valence electrons. The van der Waals surface area contributed by atoms with Gasteiger partial charge < -0.3 is 25.3 Å². The summed E-state index contributed by atoms with van der Waals surface area (Å²) in [5, 5.41) is 23.8. The fourth-order valence-electron chi connectivity index (χ4n) is 5.47. The van der Waals surface area contributed by atoms with E-state index in [4.69, 9.17) is 0 Å². The van der Waals surface area contributed by atoms with Crippen LogP contribution in [0.5, 0.6) is 0 Å². The van der Waals surface area contributed by atoms with Crippen molar-refractivity contribution in [3.8, 4) is 0 Å². The van der Waals surface area contributed by atoms with Crippen LogP contribution in [0.2, 0.25) is 0 Å². The van der Waals surface area contributed by atoms with Crippen LogP contribution in [0.4, 0.5) is 5.69 Å². The van der Waals surface area contributed by atoms with Crippen molar-refractivity contribution >= 4 is 17.5 Å². The summed E-state index contributed by atoms with van der Waals surface area (Å²) >= 11 is 0. The Morgan fingerprint density at radius 3 is 2.43 bits per heavy atom. The van der Waals surface area contributed by atoms with E-state index >= 15 is 0 Å². The summed E-state index contributed by atoms with van der Waals surface area (Å²) in [6.07, 6.45) is -1.04. The quantitative estimate of drug-likeness (QED) is 0.568. The number of aliphatic hydroxyl groups is 2. The van der Waals surface area contributed by atoms with Gasteiger partial charge in [0, 0.05) is 31.9 Å². The van der Waals surface area contributed by atoms with Crippen LogP contribution in [-0.2, 0) is 9.59 Å². The number of hydrogen-bond donors (Lipinski definition) is 3. The molecule has 35 heavy (non-hydrogen) atoms. The fraction of sp³-hybridized carbons (Fsp3) is 0.500. The first-order chi connectivity index (χ1) is 16.9. The number of piperidine rings is 1. The third-order valence-electron chi connectivity index (χ3n) is 7.62. The van der Waals surface area contributed by atoms with Gasteiger partial charge >= 0.3 is 0 Å². The van der Waals surface area contributed by atoms with Crippen LogP contribution in [0.25, 0.3) is 0 Å². The van der Waals surface area contributed by atoms with Gasteiger partial charge in [0.2, 0.25) is 0 Å². The summed E-state index contributed by atoms with van der Waals surface area (Å²) in [5.74, 6) is -0.683. The number of nitrogens with one attached hydrogen (secondary N) is 1. The number of amides is 2. The second-order valence-corrected chi connectivity index (χ2v) is 9.99. The molecular weight excluding hydrogens is 442 g/mol. The lowest BCUT2D eigenvalue weighted by molar-refractivity contribution is -0.153. The molecule has 0 aromatic heterocycles. The minimum Gasteiger partial charge on any atom is -0.380 e. The molecule has 2 aromatic carbocycles. The standard InChI is InChI=1S/C28H37N3O4/c1-19-9-6-7-12-23(19)30-16-14-22(20(2)18-30)17-29-27(34)25(32)26(33)28(35)31-15-8-13-24(31)21-10-4-3-5-11-21/h3-7,9-12,20,22,24-26,32-33H,8,13-18H2,1-2H3,(H,29,34)/t20-,22?,24+,25+,26+/m0/s1. The van der Waals surface area contributed by atoms with Crippen LogP contribution in [-0.4, -0.2) is 65.3 Å². The lowest BCUT2D eigenvalue weighted by atomic mass is 9.86. The van der Waals surface area contributed by atoms with Crippen molar-refractivity contribution in [2.24, 2.45) is 11.8 Å². The van der Waals surface area contributed by atoms with Gasteiger partial charge in [-0.05, 0) is 55.2 Å². The Bertz CT molecular complexity index is 1010. The molecule has 2 aromatic rings. The Morgan fingerprint density at radius 1 is 1.00 bits per heavy atom. The highest BCUT2D eigenvalue weighted by molar-refractivity contribution is 5.91. The molecule has 2 heterocycles. The number of carbonyl (C=O) groups excluding carboxylic acids is 2. The van der Waals surface area contributed by atoms with Crippen LogP contribution in [0.15, 0.2) is 54.6 Å². The number of carbonyl (C=O) groups is 2. The maximum Gasteiger partial charge on any atom is 0.255 e. The molecule has 2 aliphatic heterocycles. The Hall–Kier alpha value is -2.90. The zero-order valence-corrected chi connectivity index (χ0v) is 20.6. The van der Waals surface area contributed by atoms with E-state index in [1.54, 1.807) is 4.90 Å². The second kappa shape index (κ2) is 11.2. The number of aliphatic hydroxyl groups excluding tert-OH is 2. The predicted octanol–water partition coefficient (Wildman–Crippen LogP) is 2.66. The van der Waals surface area contributed by atoms with Crippen molar-refractivity contribution in [2.45, 2.75) is 51.4 Å². The Kier molecular flexibility index (Phi) is 8.08. The third-order valence-corrected chi connectivity index (χ3v) is 7.62. The van der Waals surface area contributed by atoms with Gasteiger partial charge in [0.05, 0.1) is 6.04 Å². The van der Waals surface area contributed by atoms with Crippen molar-refractivity contribution in [1.82, 2.24) is 10.2 Å². The molecule has 0 saturated carbocycles. The first kappa shape index (κ1) is 25.2. The molecule has 4 rings (SSSR count). The van der Waals surface area contributed by atoms with Crippen molar-refractivity contribution < 1.29 is 19.8 Å². The topological polar surface area (TPSA) is 93.1 Å². The smallest absolute Gasteiger partial charge is 0.255 e. The van der Waals surface area contributed by atoms with E-state index in [9.17, 15) is 19.8 Å². The fourth-order valence-corrected chi connectivity index (χ4v) is 5.47. The van der Waals surface area contributed by atoms with E-state index < -0.39 is 24.0 Å². The summed E-state index contributed by atoms with van der Waals surface area (Å²) in [7, 11) is 0. The van der Waals surface area contributed by atoms with Crippen molar-refractivity contribution in [3.05, 3.63) is 65.7 Å². The van der Waals surface area contributed by atoms with Gasteiger partial charge in [-0.2, -0.15) is 0 Å². The summed E-state index contributed by atoms with van der Waals surface area (Å²) in [6.45, 7) is 6.99. The molecular formula is C28H37N3O4. The largest absolute Gasteiger partial charge is 0.380 e. The summed E-state index contributed by atoms with van der Waals surface area (Å²) < 4.78 is 0. The number of nitrogens with zero attached hydrogens (tertiary/aromatic N) is 2. The van der Waals surface area contributed by atoms with E-state index in [2.05, 4.69) is 42.3 Å². The SMILES string of the molecule is Cc1ccccc1N1CCC(CNC(=O)[C@H](O)[C@@H](O)C(=O)N2CCC[C@@H]2c2ccccc2)[C@@H](C)C1. The third kappa shape index (κ3) is 5.68. The molecule has 0 radical (unpaired) electrons. The number of rotatable bonds is 7. The first-order valence-electron chi connectivity index (χ1n) is 12.7. The van der Waals surface area contributed by atoms with Crippen molar-refractivity contribution in [2.75, 3.05) is 31.1 Å². The number of hydrogen-bond acceptors (Lipinski definition) is 5. The van der Waals surface area contributed by atoms with Gasteiger partial charge in [-0.1, -0.05) is 55.5 Å². The van der Waals surface area contributed by atoms with Crippen molar-refractivity contribution in [1.29, 1.82) is 0 Å². The van der Waals surface area contributed by atoms with Crippen LogP contribution >= 0.6 is 0 Å². The van der Waals surface area contributed by atoms with E-state index in [-0.39, 0.29) is 12.0 Å². The second-order valence-electron chi connectivity index (χ2n) is 9.99. The van der Waals surface area contributed by atoms with E-state index in [0.717, 1.165) is 37.9 Å².